The van der Waals surface area contributed by atoms with Crippen LogP contribution >= 0.6 is 11.8 Å². The molecular formula is C29H28FN5O5S. The van der Waals surface area contributed by atoms with E-state index in [1.165, 1.54) is 45.2 Å². The number of fused-ring (bicyclic) bond motifs is 1. The number of para-hydroxylation sites is 1. The molecule has 1 aromatic heterocycles. The van der Waals surface area contributed by atoms with Gasteiger partial charge in [-0.3, -0.25) is 14.2 Å². The average molecular weight is 578 g/mol. The smallest absolute Gasteiger partial charge is 0.251 e. The summed E-state index contributed by atoms with van der Waals surface area (Å²) >= 11 is 1.23. The highest BCUT2D eigenvalue weighted by atomic mass is 32.2. The molecule has 5 rings (SSSR count). The number of ether oxygens (including phenoxy) is 3. The van der Waals surface area contributed by atoms with Gasteiger partial charge < -0.3 is 24.4 Å². The minimum Gasteiger partial charge on any atom is -0.493 e. The number of hydrogen-bond acceptors (Lipinski definition) is 8. The quantitative estimate of drug-likeness (QED) is 0.282. The molecule has 12 heteroatoms. The number of hydrogen-bond donors (Lipinski definition) is 1. The fourth-order valence-corrected chi connectivity index (χ4v) is 5.48. The zero-order chi connectivity index (χ0) is 28.9. The van der Waals surface area contributed by atoms with Gasteiger partial charge in [-0.05, 0) is 54.4 Å². The lowest BCUT2D eigenvalue weighted by molar-refractivity contribution is -0.116. The molecule has 4 aromatic rings. The highest BCUT2D eigenvalue weighted by Gasteiger charge is 2.25. The molecule has 1 aliphatic rings. The maximum Gasteiger partial charge on any atom is 0.251 e. The Morgan fingerprint density at radius 2 is 1.68 bits per heavy atom. The van der Waals surface area contributed by atoms with Crippen LogP contribution in [0.2, 0.25) is 0 Å². The summed E-state index contributed by atoms with van der Waals surface area (Å²) in [5, 5.41) is 11.8. The second-order valence-electron chi connectivity index (χ2n) is 9.02. The molecular weight excluding hydrogens is 549 g/mol. The van der Waals surface area contributed by atoms with Crippen LogP contribution in [0.5, 0.6) is 17.2 Å². The Balaban J connectivity index is 1.35. The van der Waals surface area contributed by atoms with Crippen molar-refractivity contribution in [3.8, 4) is 22.9 Å². The summed E-state index contributed by atoms with van der Waals surface area (Å²) in [4.78, 5) is 28.0. The van der Waals surface area contributed by atoms with Crippen LogP contribution in [0.3, 0.4) is 0 Å². The third-order valence-corrected chi connectivity index (χ3v) is 7.55. The van der Waals surface area contributed by atoms with Gasteiger partial charge in [-0.25, -0.2) is 4.39 Å². The van der Waals surface area contributed by atoms with Gasteiger partial charge >= 0.3 is 0 Å². The summed E-state index contributed by atoms with van der Waals surface area (Å²) in [6, 6.07) is 16.8. The van der Waals surface area contributed by atoms with Crippen LogP contribution < -0.4 is 24.4 Å². The van der Waals surface area contributed by atoms with Crippen molar-refractivity contribution in [1.82, 2.24) is 20.1 Å². The van der Waals surface area contributed by atoms with Crippen molar-refractivity contribution in [2.45, 2.75) is 18.1 Å². The second kappa shape index (κ2) is 12.3. The van der Waals surface area contributed by atoms with Crippen molar-refractivity contribution in [3.05, 3.63) is 83.4 Å². The van der Waals surface area contributed by atoms with Crippen molar-refractivity contribution < 1.29 is 28.2 Å². The normalized spacial score (nSPS) is 12.1. The van der Waals surface area contributed by atoms with Crippen LogP contribution in [-0.4, -0.2) is 60.2 Å². The zero-order valence-electron chi connectivity index (χ0n) is 22.7. The van der Waals surface area contributed by atoms with Crippen molar-refractivity contribution in [2.75, 3.05) is 38.5 Å². The molecule has 2 amide bonds. The van der Waals surface area contributed by atoms with Crippen LogP contribution in [0.25, 0.3) is 5.69 Å². The first-order valence-electron chi connectivity index (χ1n) is 12.7. The largest absolute Gasteiger partial charge is 0.493 e. The number of aromatic nitrogens is 3. The van der Waals surface area contributed by atoms with Gasteiger partial charge in [0.2, 0.25) is 11.7 Å². The van der Waals surface area contributed by atoms with E-state index in [-0.39, 0.29) is 18.2 Å². The van der Waals surface area contributed by atoms with Gasteiger partial charge in [0.05, 0.1) is 33.6 Å². The number of thioether (sulfide) groups is 1. The molecule has 1 N–H and O–H groups in total. The summed E-state index contributed by atoms with van der Waals surface area (Å²) in [7, 11) is 4.42. The Morgan fingerprint density at radius 3 is 2.37 bits per heavy atom. The molecule has 10 nitrogen and oxygen atoms in total. The predicted molar refractivity (Wildman–Crippen MR) is 152 cm³/mol. The van der Waals surface area contributed by atoms with E-state index in [1.807, 2.05) is 24.3 Å². The van der Waals surface area contributed by atoms with Crippen molar-refractivity contribution in [3.63, 3.8) is 0 Å². The van der Waals surface area contributed by atoms with E-state index < -0.39 is 11.7 Å². The number of benzene rings is 3. The number of rotatable bonds is 10. The molecule has 2 heterocycles. The van der Waals surface area contributed by atoms with Crippen LogP contribution in [0, 0.1) is 5.82 Å². The molecule has 41 heavy (non-hydrogen) atoms. The van der Waals surface area contributed by atoms with E-state index in [0.717, 1.165) is 17.7 Å². The SMILES string of the molecule is COc1cc(C(=O)NCc2nnc(SCC(=O)N3CCc4ccccc43)n2-c2ccc(F)cc2)cc(OC)c1OC. The molecule has 1 aliphatic heterocycles. The van der Waals surface area contributed by atoms with Gasteiger partial charge in [0, 0.05) is 23.5 Å². The molecule has 0 spiro atoms. The summed E-state index contributed by atoms with van der Waals surface area (Å²) < 4.78 is 31.4. The van der Waals surface area contributed by atoms with E-state index in [2.05, 4.69) is 15.5 Å². The molecule has 0 unspecified atom stereocenters. The van der Waals surface area contributed by atoms with Gasteiger partial charge in [-0.15, -0.1) is 10.2 Å². The molecule has 0 aliphatic carbocycles. The van der Waals surface area contributed by atoms with E-state index in [1.54, 1.807) is 33.7 Å². The van der Waals surface area contributed by atoms with E-state index in [9.17, 15) is 14.0 Å². The van der Waals surface area contributed by atoms with Crippen LogP contribution in [-0.2, 0) is 17.8 Å². The van der Waals surface area contributed by atoms with Gasteiger partial charge in [-0.2, -0.15) is 0 Å². The Morgan fingerprint density at radius 1 is 0.976 bits per heavy atom. The molecule has 0 bridgehead atoms. The Kier molecular flexibility index (Phi) is 8.39. The molecule has 3 aromatic carbocycles. The number of nitrogens with zero attached hydrogens (tertiary/aromatic N) is 4. The van der Waals surface area contributed by atoms with Gasteiger partial charge in [0.15, 0.2) is 22.5 Å². The Hall–Kier alpha value is -4.58. The van der Waals surface area contributed by atoms with E-state index in [0.29, 0.717) is 46.0 Å². The number of nitrogens with one attached hydrogen (secondary N) is 1. The molecule has 0 saturated heterocycles. The summed E-state index contributed by atoms with van der Waals surface area (Å²) in [5.41, 5.74) is 2.95. The monoisotopic (exact) mass is 577 g/mol. The average Bonchev–Trinajstić information content (AvgIpc) is 3.62. The Bertz CT molecular complexity index is 1550. The van der Waals surface area contributed by atoms with Crippen LogP contribution in [0.1, 0.15) is 21.7 Å². The number of halogens is 1. The second-order valence-corrected chi connectivity index (χ2v) is 9.96. The maximum absolute atomic E-state index is 13.7. The first-order chi connectivity index (χ1) is 19.9. The maximum atomic E-state index is 13.7. The standard InChI is InChI=1S/C29H28FN5O5S/c1-38-23-14-19(15-24(39-2)27(23)40-3)28(37)31-16-25-32-33-29(35(25)21-10-8-20(30)9-11-21)41-17-26(36)34-13-12-18-6-4-5-7-22(18)34/h4-11,14-15H,12-13,16-17H2,1-3H3,(H,31,37). The highest BCUT2D eigenvalue weighted by molar-refractivity contribution is 7.99. The minimum atomic E-state index is -0.407. The van der Waals surface area contributed by atoms with E-state index in [4.69, 9.17) is 14.2 Å². The summed E-state index contributed by atoms with van der Waals surface area (Å²) in [6.45, 7) is 0.634. The first-order valence-corrected chi connectivity index (χ1v) is 13.7. The van der Waals surface area contributed by atoms with Crippen molar-refractivity contribution >= 4 is 29.3 Å². The van der Waals surface area contributed by atoms with Crippen molar-refractivity contribution in [2.24, 2.45) is 0 Å². The topological polar surface area (TPSA) is 108 Å². The van der Waals surface area contributed by atoms with E-state index >= 15 is 0 Å². The molecule has 0 fully saturated rings. The zero-order valence-corrected chi connectivity index (χ0v) is 23.5. The van der Waals surface area contributed by atoms with Gasteiger partial charge in [0.25, 0.3) is 5.91 Å². The first kappa shape index (κ1) is 28.0. The lowest BCUT2D eigenvalue weighted by Crippen LogP contribution is -2.30. The fourth-order valence-electron chi connectivity index (χ4n) is 4.63. The number of amides is 2. The van der Waals surface area contributed by atoms with Crippen molar-refractivity contribution in [1.29, 1.82) is 0 Å². The van der Waals surface area contributed by atoms with Crippen LogP contribution in [0.4, 0.5) is 10.1 Å². The Labute approximate surface area is 240 Å². The fraction of sp³-hybridized carbons (Fsp3) is 0.241. The number of carbonyl (C=O) groups is 2. The third kappa shape index (κ3) is 5.82. The summed E-state index contributed by atoms with van der Waals surface area (Å²) in [5.74, 6) is 0.740. The molecule has 0 radical (unpaired) electrons. The number of carbonyl (C=O) groups excluding carboxylic acids is 2. The minimum absolute atomic E-state index is 0.00781. The van der Waals surface area contributed by atoms with Crippen LogP contribution in [0.15, 0.2) is 65.8 Å². The number of methoxy groups -OCH3 is 3. The number of anilines is 1. The highest BCUT2D eigenvalue weighted by Crippen LogP contribution is 2.38. The molecule has 212 valence electrons. The third-order valence-electron chi connectivity index (χ3n) is 6.63. The predicted octanol–water partition coefficient (Wildman–Crippen LogP) is 4.04. The summed E-state index contributed by atoms with van der Waals surface area (Å²) in [6.07, 6.45) is 0.814. The molecule has 0 saturated carbocycles. The van der Waals surface area contributed by atoms with Gasteiger partial charge in [0.1, 0.15) is 5.82 Å². The molecule has 0 atom stereocenters. The lowest BCUT2D eigenvalue weighted by Gasteiger charge is -2.17. The van der Waals surface area contributed by atoms with Gasteiger partial charge in [-0.1, -0.05) is 30.0 Å². The lowest BCUT2D eigenvalue weighted by atomic mass is 10.1.